The Kier molecular flexibility index (Phi) is 5.97. The number of amides is 2. The van der Waals surface area contributed by atoms with E-state index in [1.165, 1.54) is 4.90 Å². The molecule has 0 aliphatic rings. The van der Waals surface area contributed by atoms with E-state index in [2.05, 4.69) is 26.5 Å². The van der Waals surface area contributed by atoms with Crippen LogP contribution in [0.5, 0.6) is 0 Å². The molecule has 1 atom stereocenters. The van der Waals surface area contributed by atoms with Crippen molar-refractivity contribution in [1.82, 2.24) is 24.8 Å². The van der Waals surface area contributed by atoms with Gasteiger partial charge in [0, 0.05) is 29.9 Å². The third-order valence-electron chi connectivity index (χ3n) is 3.25. The summed E-state index contributed by atoms with van der Waals surface area (Å²) in [5.41, 5.74) is 0.428. The van der Waals surface area contributed by atoms with Crippen molar-refractivity contribution in [3.8, 4) is 0 Å². The molecule has 2 rings (SSSR count). The number of pyridine rings is 1. The Morgan fingerprint density at radius 2 is 2.04 bits per heavy atom. The van der Waals surface area contributed by atoms with Gasteiger partial charge in [-0.15, -0.1) is 11.7 Å². The molecule has 0 saturated heterocycles. The van der Waals surface area contributed by atoms with Gasteiger partial charge in [-0.3, -0.25) is 14.6 Å². The molecule has 8 heteroatoms. The number of carbonyl (C=O) groups excluding carboxylic acids is 2. The van der Waals surface area contributed by atoms with Gasteiger partial charge < -0.3 is 10.2 Å². The second-order valence-electron chi connectivity index (χ2n) is 6.46. The van der Waals surface area contributed by atoms with Gasteiger partial charge >= 0.3 is 0 Å². The normalized spacial score (nSPS) is 12.3. The van der Waals surface area contributed by atoms with E-state index in [4.69, 9.17) is 0 Å². The summed E-state index contributed by atoms with van der Waals surface area (Å²) in [5.74, 6) is -0.656. The molecule has 2 heterocycles. The van der Waals surface area contributed by atoms with Gasteiger partial charge in [0.15, 0.2) is 5.69 Å². The van der Waals surface area contributed by atoms with Gasteiger partial charge in [-0.2, -0.15) is 0 Å². The van der Waals surface area contributed by atoms with Crippen molar-refractivity contribution in [2.75, 3.05) is 6.54 Å². The van der Waals surface area contributed by atoms with Gasteiger partial charge in [0.25, 0.3) is 5.91 Å². The summed E-state index contributed by atoms with van der Waals surface area (Å²) in [5, 5.41) is 8.32. The largest absolute Gasteiger partial charge is 0.349 e. The molecule has 0 aromatic carbocycles. The second kappa shape index (κ2) is 7.98. The Morgan fingerprint density at radius 3 is 2.56 bits per heavy atom. The van der Waals surface area contributed by atoms with Gasteiger partial charge in [0.05, 0.1) is 0 Å². The lowest BCUT2D eigenvalue weighted by Crippen LogP contribution is -2.49. The summed E-state index contributed by atoms with van der Waals surface area (Å²) in [6.07, 6.45) is 4.76. The first-order valence-corrected chi connectivity index (χ1v) is 8.58. The highest BCUT2D eigenvalue weighted by Crippen LogP contribution is 2.23. The Morgan fingerprint density at radius 1 is 1.36 bits per heavy atom. The third-order valence-corrected chi connectivity index (χ3v) is 3.75. The Labute approximate surface area is 150 Å². The zero-order valence-electron chi connectivity index (χ0n) is 14.5. The fourth-order valence-corrected chi connectivity index (χ4v) is 2.74. The lowest BCUT2D eigenvalue weighted by atomic mass is 10.0. The van der Waals surface area contributed by atoms with E-state index in [0.717, 1.165) is 11.5 Å². The molecule has 0 bridgehead atoms. The molecule has 2 amide bonds. The number of hydrogen-bond donors (Lipinski definition) is 1. The van der Waals surface area contributed by atoms with Crippen molar-refractivity contribution in [3.63, 3.8) is 0 Å². The summed E-state index contributed by atoms with van der Waals surface area (Å²) in [6.45, 7) is 9.56. The first kappa shape index (κ1) is 18.7. The fraction of sp³-hybridized carbons (Fsp3) is 0.353. The minimum absolute atomic E-state index is 0.195. The van der Waals surface area contributed by atoms with E-state index in [1.54, 1.807) is 36.0 Å². The van der Waals surface area contributed by atoms with Crippen LogP contribution in [0.4, 0.5) is 0 Å². The second-order valence-corrected chi connectivity index (χ2v) is 7.07. The molecule has 0 aliphatic carbocycles. The highest BCUT2D eigenvalue weighted by molar-refractivity contribution is 7.03. The molecular weight excluding hydrogens is 338 g/mol. The van der Waals surface area contributed by atoms with E-state index in [1.807, 2.05) is 20.8 Å². The van der Waals surface area contributed by atoms with E-state index in [9.17, 15) is 9.59 Å². The van der Waals surface area contributed by atoms with E-state index >= 15 is 0 Å². The number of hydrogen-bond acceptors (Lipinski definition) is 6. The van der Waals surface area contributed by atoms with Crippen LogP contribution in [-0.2, 0) is 4.79 Å². The summed E-state index contributed by atoms with van der Waals surface area (Å²) >= 11 is 1.08. The van der Waals surface area contributed by atoms with Gasteiger partial charge in [0.2, 0.25) is 5.91 Å². The summed E-state index contributed by atoms with van der Waals surface area (Å²) in [6, 6.07) is 2.61. The van der Waals surface area contributed by atoms with Crippen LogP contribution in [0.15, 0.2) is 42.6 Å². The maximum atomic E-state index is 13.0. The van der Waals surface area contributed by atoms with Crippen molar-refractivity contribution in [2.24, 2.45) is 0 Å². The highest BCUT2D eigenvalue weighted by atomic mass is 32.1. The molecule has 0 saturated carbocycles. The van der Waals surface area contributed by atoms with Crippen molar-refractivity contribution >= 4 is 23.3 Å². The number of nitrogens with zero attached hydrogens (tertiary/aromatic N) is 4. The van der Waals surface area contributed by atoms with Gasteiger partial charge in [-0.25, -0.2) is 0 Å². The molecule has 0 spiro atoms. The van der Waals surface area contributed by atoms with Crippen molar-refractivity contribution in [2.45, 2.75) is 32.4 Å². The maximum absolute atomic E-state index is 13.0. The number of rotatable bonds is 6. The predicted octanol–water partition coefficient (Wildman–Crippen LogP) is 2.22. The predicted molar refractivity (Wildman–Crippen MR) is 96.0 cm³/mol. The molecule has 2 aromatic rings. The quantitative estimate of drug-likeness (QED) is 0.799. The molecular formula is C17H21N5O2S. The lowest BCUT2D eigenvalue weighted by Gasteiger charge is -2.32. The zero-order chi connectivity index (χ0) is 18.4. The van der Waals surface area contributed by atoms with E-state index in [0.29, 0.717) is 5.56 Å². The first-order chi connectivity index (χ1) is 11.8. The van der Waals surface area contributed by atoms with Crippen LogP contribution in [0.3, 0.4) is 0 Å². The zero-order valence-corrected chi connectivity index (χ0v) is 15.3. The highest BCUT2D eigenvalue weighted by Gasteiger charge is 2.33. The van der Waals surface area contributed by atoms with Gasteiger partial charge in [0.1, 0.15) is 6.04 Å². The lowest BCUT2D eigenvalue weighted by molar-refractivity contribution is -0.127. The SMILES string of the molecule is C=CCN(C(=O)c1csnn1)[C@@H](C(=O)NC(C)(C)C)c1ccncc1. The summed E-state index contributed by atoms with van der Waals surface area (Å²) in [4.78, 5) is 31.2. The molecule has 0 fully saturated rings. The topological polar surface area (TPSA) is 88.1 Å². The van der Waals surface area contributed by atoms with E-state index < -0.39 is 11.6 Å². The standard InChI is InChI=1S/C17H21N5O2S/c1-5-10-22(16(24)13-11-25-21-20-13)14(12-6-8-18-9-7-12)15(23)19-17(2,3)4/h5-9,11,14H,1,10H2,2-4H3,(H,19,23)/t14-/m1/s1. The van der Waals surface area contributed by atoms with Crippen LogP contribution in [0.2, 0.25) is 0 Å². The van der Waals surface area contributed by atoms with Crippen molar-refractivity contribution < 1.29 is 9.59 Å². The van der Waals surface area contributed by atoms with Crippen LogP contribution >= 0.6 is 11.5 Å². The Bertz CT molecular complexity index is 725. The molecule has 7 nitrogen and oxygen atoms in total. The van der Waals surface area contributed by atoms with Crippen LogP contribution in [0.1, 0.15) is 42.9 Å². The molecule has 0 radical (unpaired) electrons. The monoisotopic (exact) mass is 359 g/mol. The summed E-state index contributed by atoms with van der Waals surface area (Å²) in [7, 11) is 0. The minimum Gasteiger partial charge on any atom is -0.349 e. The van der Waals surface area contributed by atoms with Crippen LogP contribution in [0.25, 0.3) is 0 Å². The van der Waals surface area contributed by atoms with Gasteiger partial charge in [-0.1, -0.05) is 10.6 Å². The minimum atomic E-state index is -0.825. The number of carbonyl (C=O) groups is 2. The van der Waals surface area contributed by atoms with Crippen LogP contribution in [0, 0.1) is 0 Å². The van der Waals surface area contributed by atoms with Crippen molar-refractivity contribution in [1.29, 1.82) is 0 Å². The van der Waals surface area contributed by atoms with Gasteiger partial charge in [-0.05, 0) is 50.0 Å². The Balaban J connectivity index is 2.45. The van der Waals surface area contributed by atoms with Crippen LogP contribution in [-0.4, -0.2) is 43.4 Å². The average Bonchev–Trinajstić information content (AvgIpc) is 3.07. The Hall–Kier alpha value is -2.61. The maximum Gasteiger partial charge on any atom is 0.276 e. The molecule has 2 aromatic heterocycles. The first-order valence-electron chi connectivity index (χ1n) is 7.74. The molecule has 0 unspecified atom stereocenters. The molecule has 0 aliphatic heterocycles. The number of aromatic nitrogens is 3. The summed E-state index contributed by atoms with van der Waals surface area (Å²) < 4.78 is 3.73. The third kappa shape index (κ3) is 4.93. The molecule has 132 valence electrons. The van der Waals surface area contributed by atoms with Crippen molar-refractivity contribution in [3.05, 3.63) is 53.8 Å². The fourth-order valence-electron chi connectivity index (χ4n) is 2.31. The molecule has 25 heavy (non-hydrogen) atoms. The number of nitrogens with one attached hydrogen (secondary N) is 1. The van der Waals surface area contributed by atoms with Crippen LogP contribution < -0.4 is 5.32 Å². The smallest absolute Gasteiger partial charge is 0.276 e. The average molecular weight is 359 g/mol. The molecule has 1 N–H and O–H groups in total. The van der Waals surface area contributed by atoms with E-state index in [-0.39, 0.29) is 24.1 Å².